The highest BCUT2D eigenvalue weighted by Crippen LogP contribution is 2.30. The van der Waals surface area contributed by atoms with Crippen LogP contribution in [0.25, 0.3) is 10.2 Å². The summed E-state index contributed by atoms with van der Waals surface area (Å²) in [5.41, 5.74) is 1.45. The van der Waals surface area contributed by atoms with Crippen LogP contribution in [0.3, 0.4) is 0 Å². The van der Waals surface area contributed by atoms with E-state index in [0.29, 0.717) is 15.8 Å². The highest BCUT2D eigenvalue weighted by molar-refractivity contribution is 7.89. The molecule has 2 heterocycles. The van der Waals surface area contributed by atoms with Crippen LogP contribution in [0.4, 0.5) is 9.52 Å². The van der Waals surface area contributed by atoms with Gasteiger partial charge in [0.1, 0.15) is 11.9 Å². The van der Waals surface area contributed by atoms with Crippen molar-refractivity contribution in [1.29, 1.82) is 0 Å². The summed E-state index contributed by atoms with van der Waals surface area (Å²) in [5, 5.41) is 20.9. The van der Waals surface area contributed by atoms with Crippen LogP contribution in [-0.2, 0) is 37.3 Å². The number of benzene rings is 3. The van der Waals surface area contributed by atoms with E-state index >= 15 is 0 Å². The first-order valence-corrected chi connectivity index (χ1v) is 20.7. The van der Waals surface area contributed by atoms with Gasteiger partial charge in [0.25, 0.3) is 0 Å². The molecule has 1 aliphatic rings. The van der Waals surface area contributed by atoms with Gasteiger partial charge in [0.05, 0.1) is 47.0 Å². The number of aliphatic hydroxyl groups excluding tert-OH is 1. The summed E-state index contributed by atoms with van der Waals surface area (Å²) < 4.78 is 49.3. The number of carbonyl (C=O) groups excluding carboxylic acids is 2. The zero-order valence-electron chi connectivity index (χ0n) is 31.8. The van der Waals surface area contributed by atoms with Gasteiger partial charge in [-0.2, -0.15) is 0 Å². The number of aromatic nitrogens is 1. The standard InChI is InChI=1S/C39H52FN7O6S2/c1-39(2,3)36(45-35(49)26-41-24-28-11-8-12-29(40)21-28)37(50)43-32(22-27-9-6-5-7-10-27)33(48)25-42-55(51,52)30-13-14-31-34(23-30)54-38(44-31)46(4)15-16-47-17-19-53-20-18-47/h5-14,21,23,32-33,36,41-42,48H,15-20,22,24-26H2,1-4H3,(H,43,50)(H,45,49)/t32?,33-,36?/m1/s1. The third-order valence-corrected chi connectivity index (χ3v) is 11.9. The lowest BCUT2D eigenvalue weighted by Gasteiger charge is -2.33. The monoisotopic (exact) mass is 797 g/mol. The minimum atomic E-state index is -4.06. The Kier molecular flexibility index (Phi) is 14.7. The fourth-order valence-corrected chi connectivity index (χ4v) is 8.27. The van der Waals surface area contributed by atoms with Crippen molar-refractivity contribution < 1.29 is 32.2 Å². The molecule has 1 aliphatic heterocycles. The molecule has 298 valence electrons. The number of rotatable bonds is 18. The number of thiazole rings is 1. The predicted molar refractivity (Wildman–Crippen MR) is 213 cm³/mol. The number of aliphatic hydroxyl groups is 1. The summed E-state index contributed by atoms with van der Waals surface area (Å²) in [6.07, 6.45) is -1.13. The number of nitrogens with one attached hydrogen (secondary N) is 4. The molecule has 4 aromatic rings. The Balaban J connectivity index is 1.22. The molecule has 55 heavy (non-hydrogen) atoms. The van der Waals surface area contributed by atoms with Gasteiger partial charge in [0.15, 0.2) is 5.13 Å². The molecule has 0 saturated carbocycles. The average molecular weight is 798 g/mol. The second-order valence-electron chi connectivity index (χ2n) is 14.8. The summed E-state index contributed by atoms with van der Waals surface area (Å²) in [6.45, 7) is 10.1. The molecule has 1 saturated heterocycles. The number of nitrogens with zero attached hydrogens (tertiary/aromatic N) is 3. The number of anilines is 1. The SMILES string of the molecule is CN(CCN1CCOCC1)c1nc2ccc(S(=O)(=O)NC[C@@H](O)C(Cc3ccccc3)NC(=O)C(NC(=O)CNCc3cccc(F)c3)C(C)(C)C)cc2s1. The minimum absolute atomic E-state index is 0.0310. The smallest absolute Gasteiger partial charge is 0.243 e. The van der Waals surface area contributed by atoms with E-state index in [1.165, 1.54) is 29.5 Å². The molecular weight excluding hydrogens is 746 g/mol. The molecule has 5 rings (SSSR count). The number of morpholine rings is 1. The number of likely N-dealkylation sites (N-methyl/N-ethyl adjacent to an activating group) is 1. The summed E-state index contributed by atoms with van der Waals surface area (Å²) in [5.74, 6) is -1.35. The van der Waals surface area contributed by atoms with Crippen LogP contribution in [-0.4, -0.2) is 113 Å². The number of hydrogen-bond donors (Lipinski definition) is 5. The average Bonchev–Trinajstić information content (AvgIpc) is 3.59. The van der Waals surface area contributed by atoms with E-state index in [-0.39, 0.29) is 36.8 Å². The molecule has 2 amide bonds. The lowest BCUT2D eigenvalue weighted by atomic mass is 9.85. The van der Waals surface area contributed by atoms with Crippen molar-refractivity contribution >= 4 is 48.5 Å². The highest BCUT2D eigenvalue weighted by atomic mass is 32.2. The Morgan fingerprint density at radius 3 is 2.45 bits per heavy atom. The zero-order chi connectivity index (χ0) is 39.6. The second-order valence-corrected chi connectivity index (χ2v) is 17.6. The maximum absolute atomic E-state index is 13.8. The van der Waals surface area contributed by atoms with E-state index in [2.05, 4.69) is 30.5 Å². The van der Waals surface area contributed by atoms with Crippen molar-refractivity contribution in [2.24, 2.45) is 5.41 Å². The second kappa shape index (κ2) is 19.2. The predicted octanol–water partition coefficient (Wildman–Crippen LogP) is 2.89. The van der Waals surface area contributed by atoms with E-state index in [0.717, 1.165) is 50.1 Å². The van der Waals surface area contributed by atoms with Crippen LogP contribution < -0.4 is 25.6 Å². The van der Waals surface area contributed by atoms with Crippen LogP contribution in [0.15, 0.2) is 77.7 Å². The van der Waals surface area contributed by atoms with Crippen LogP contribution >= 0.6 is 11.3 Å². The van der Waals surface area contributed by atoms with E-state index in [1.54, 1.807) is 45.0 Å². The molecule has 0 aliphatic carbocycles. The van der Waals surface area contributed by atoms with Gasteiger partial charge in [0, 0.05) is 46.3 Å². The Bertz CT molecular complexity index is 1990. The minimum Gasteiger partial charge on any atom is -0.390 e. The van der Waals surface area contributed by atoms with Gasteiger partial charge >= 0.3 is 0 Å². The number of hydrogen-bond acceptors (Lipinski definition) is 11. The Hall–Kier alpha value is -4.03. The summed E-state index contributed by atoms with van der Waals surface area (Å²) in [4.78, 5) is 35.9. The molecule has 1 fully saturated rings. The maximum Gasteiger partial charge on any atom is 0.243 e. The Morgan fingerprint density at radius 1 is 1.02 bits per heavy atom. The van der Waals surface area contributed by atoms with Gasteiger partial charge in [-0.3, -0.25) is 14.5 Å². The number of ether oxygens (including phenoxy) is 1. The molecule has 13 nitrogen and oxygen atoms in total. The summed E-state index contributed by atoms with van der Waals surface area (Å²) in [7, 11) is -2.10. The van der Waals surface area contributed by atoms with Gasteiger partial charge in [-0.25, -0.2) is 22.5 Å². The number of fused-ring (bicyclic) bond motifs is 1. The lowest BCUT2D eigenvalue weighted by molar-refractivity contribution is -0.132. The lowest BCUT2D eigenvalue weighted by Crippen LogP contribution is -2.59. The van der Waals surface area contributed by atoms with Crippen molar-refractivity contribution in [3.05, 3.63) is 89.7 Å². The van der Waals surface area contributed by atoms with Gasteiger partial charge < -0.3 is 30.7 Å². The number of amides is 2. The highest BCUT2D eigenvalue weighted by Gasteiger charge is 2.35. The van der Waals surface area contributed by atoms with Crippen LogP contribution in [0, 0.1) is 11.2 Å². The van der Waals surface area contributed by atoms with Gasteiger partial charge in [-0.05, 0) is 53.3 Å². The molecule has 3 aromatic carbocycles. The number of carbonyl (C=O) groups is 2. The van der Waals surface area contributed by atoms with Crippen molar-refractivity contribution in [3.8, 4) is 0 Å². The summed E-state index contributed by atoms with van der Waals surface area (Å²) in [6, 6.07) is 18.1. The van der Waals surface area contributed by atoms with E-state index in [1.807, 2.05) is 37.4 Å². The molecular formula is C39H52FN7O6S2. The molecule has 0 spiro atoms. The number of halogens is 1. The molecule has 3 atom stereocenters. The molecule has 1 aromatic heterocycles. The van der Waals surface area contributed by atoms with Crippen molar-refractivity contribution in [1.82, 2.24) is 30.6 Å². The van der Waals surface area contributed by atoms with Crippen LogP contribution in [0.1, 0.15) is 31.9 Å². The quantitative estimate of drug-likeness (QED) is 0.101. The third-order valence-electron chi connectivity index (χ3n) is 9.35. The van der Waals surface area contributed by atoms with Gasteiger partial charge in [-0.15, -0.1) is 0 Å². The van der Waals surface area contributed by atoms with E-state index in [4.69, 9.17) is 9.72 Å². The molecule has 0 radical (unpaired) electrons. The first kappa shape index (κ1) is 42.1. The van der Waals surface area contributed by atoms with Crippen LogP contribution in [0.2, 0.25) is 0 Å². The Morgan fingerprint density at radius 2 is 1.75 bits per heavy atom. The van der Waals surface area contributed by atoms with Gasteiger partial charge in [0.2, 0.25) is 21.8 Å². The first-order valence-electron chi connectivity index (χ1n) is 18.4. The Labute approximate surface area is 326 Å². The summed E-state index contributed by atoms with van der Waals surface area (Å²) >= 11 is 1.41. The normalized spacial score (nSPS) is 15.7. The molecule has 5 N–H and O–H groups in total. The fraction of sp³-hybridized carbons (Fsp3) is 0.462. The molecule has 16 heteroatoms. The van der Waals surface area contributed by atoms with Crippen LogP contribution in [0.5, 0.6) is 0 Å². The fourth-order valence-electron chi connectivity index (χ4n) is 6.13. The maximum atomic E-state index is 13.8. The molecule has 0 bridgehead atoms. The topological polar surface area (TPSA) is 165 Å². The molecule has 2 unspecified atom stereocenters. The number of sulfonamides is 1. The van der Waals surface area contributed by atoms with Crippen molar-refractivity contribution in [2.75, 3.05) is 64.4 Å². The van der Waals surface area contributed by atoms with E-state index < -0.39 is 45.4 Å². The zero-order valence-corrected chi connectivity index (χ0v) is 33.4. The largest absolute Gasteiger partial charge is 0.390 e. The van der Waals surface area contributed by atoms with Crippen molar-refractivity contribution in [3.63, 3.8) is 0 Å². The van der Waals surface area contributed by atoms with Crippen molar-refractivity contribution in [2.45, 2.75) is 56.8 Å². The van der Waals surface area contributed by atoms with E-state index in [9.17, 15) is 27.5 Å². The first-order chi connectivity index (χ1) is 26.2. The van der Waals surface area contributed by atoms with Gasteiger partial charge in [-0.1, -0.05) is 74.6 Å². The third kappa shape index (κ3) is 12.5.